The van der Waals surface area contributed by atoms with Crippen molar-refractivity contribution >= 4 is 17.5 Å². The van der Waals surface area contributed by atoms with Crippen LogP contribution >= 0.6 is 11.6 Å². The largest absolute Gasteiger partial charge is 0.463 e. The number of rotatable bonds is 4. The number of anilines is 1. The Labute approximate surface area is 118 Å². The SMILES string of the molecule is CCCOc1nc(Cl)nc(N2CCN(C)CC2C)n1. The Bertz CT molecular complexity index is 431. The highest BCUT2D eigenvalue weighted by atomic mass is 35.5. The summed E-state index contributed by atoms with van der Waals surface area (Å²) >= 11 is 5.95. The second kappa shape index (κ2) is 6.34. The van der Waals surface area contributed by atoms with Crippen molar-refractivity contribution in [3.05, 3.63) is 5.28 Å². The summed E-state index contributed by atoms with van der Waals surface area (Å²) in [6, 6.07) is 0.652. The first kappa shape index (κ1) is 14.3. The van der Waals surface area contributed by atoms with Crippen LogP contribution in [0.25, 0.3) is 0 Å². The minimum absolute atomic E-state index is 0.183. The summed E-state index contributed by atoms with van der Waals surface area (Å²) in [5.74, 6) is 0.603. The van der Waals surface area contributed by atoms with Crippen LogP contribution in [-0.2, 0) is 0 Å². The Balaban J connectivity index is 2.16. The first-order valence-corrected chi connectivity index (χ1v) is 6.97. The van der Waals surface area contributed by atoms with Gasteiger partial charge in [0.15, 0.2) is 0 Å². The molecule has 1 aromatic heterocycles. The number of piperazine rings is 1. The first-order chi connectivity index (χ1) is 9.10. The van der Waals surface area contributed by atoms with Crippen LogP contribution < -0.4 is 9.64 Å². The van der Waals surface area contributed by atoms with Crippen molar-refractivity contribution in [3.8, 4) is 6.01 Å². The van der Waals surface area contributed by atoms with E-state index in [9.17, 15) is 0 Å². The summed E-state index contributed by atoms with van der Waals surface area (Å²) in [5.41, 5.74) is 0. The Morgan fingerprint density at radius 2 is 2.11 bits per heavy atom. The van der Waals surface area contributed by atoms with Crippen molar-refractivity contribution in [1.82, 2.24) is 19.9 Å². The molecule has 1 aromatic rings. The minimum Gasteiger partial charge on any atom is -0.463 e. The fourth-order valence-corrected chi connectivity index (χ4v) is 2.29. The number of hydrogen-bond donors (Lipinski definition) is 0. The molecule has 0 saturated carbocycles. The molecular formula is C12H20ClN5O. The standard InChI is InChI=1S/C12H20ClN5O/c1-4-7-19-12-15-10(13)14-11(16-12)18-6-5-17(3)8-9(18)2/h9H,4-8H2,1-3H3. The van der Waals surface area contributed by atoms with E-state index in [-0.39, 0.29) is 5.28 Å². The molecule has 1 aliphatic heterocycles. The molecule has 0 bridgehead atoms. The Morgan fingerprint density at radius 1 is 1.32 bits per heavy atom. The van der Waals surface area contributed by atoms with Crippen LogP contribution in [0.15, 0.2) is 0 Å². The fourth-order valence-electron chi connectivity index (χ4n) is 2.15. The molecule has 0 N–H and O–H groups in total. The van der Waals surface area contributed by atoms with Gasteiger partial charge in [0.1, 0.15) is 0 Å². The number of aromatic nitrogens is 3. The van der Waals surface area contributed by atoms with Gasteiger partial charge in [-0.05, 0) is 32.0 Å². The molecule has 106 valence electrons. The van der Waals surface area contributed by atoms with E-state index in [1.165, 1.54) is 0 Å². The van der Waals surface area contributed by atoms with E-state index in [1.807, 2.05) is 6.92 Å². The van der Waals surface area contributed by atoms with Gasteiger partial charge in [0.25, 0.3) is 0 Å². The molecule has 1 fully saturated rings. The maximum absolute atomic E-state index is 5.95. The number of likely N-dealkylation sites (N-methyl/N-ethyl adjacent to an activating group) is 1. The van der Waals surface area contributed by atoms with E-state index in [4.69, 9.17) is 16.3 Å². The molecule has 0 spiro atoms. The Kier molecular flexibility index (Phi) is 4.76. The highest BCUT2D eigenvalue weighted by Gasteiger charge is 2.24. The molecule has 0 aliphatic carbocycles. The zero-order valence-corrected chi connectivity index (χ0v) is 12.4. The summed E-state index contributed by atoms with van der Waals surface area (Å²) < 4.78 is 5.44. The van der Waals surface area contributed by atoms with Crippen LogP contribution in [0, 0.1) is 0 Å². The smallest absolute Gasteiger partial charge is 0.322 e. The van der Waals surface area contributed by atoms with E-state index < -0.39 is 0 Å². The van der Waals surface area contributed by atoms with E-state index in [2.05, 4.69) is 38.7 Å². The van der Waals surface area contributed by atoms with Gasteiger partial charge in [-0.15, -0.1) is 0 Å². The average Bonchev–Trinajstić information content (AvgIpc) is 2.35. The van der Waals surface area contributed by atoms with Gasteiger partial charge in [0, 0.05) is 25.7 Å². The zero-order valence-electron chi connectivity index (χ0n) is 11.6. The Morgan fingerprint density at radius 3 is 2.79 bits per heavy atom. The van der Waals surface area contributed by atoms with Gasteiger partial charge in [-0.1, -0.05) is 6.92 Å². The summed E-state index contributed by atoms with van der Waals surface area (Å²) in [7, 11) is 2.12. The van der Waals surface area contributed by atoms with Gasteiger partial charge in [0.05, 0.1) is 6.61 Å². The van der Waals surface area contributed by atoms with Crippen molar-refractivity contribution in [1.29, 1.82) is 0 Å². The second-order valence-electron chi connectivity index (χ2n) is 4.84. The van der Waals surface area contributed by atoms with Gasteiger partial charge in [-0.3, -0.25) is 0 Å². The maximum atomic E-state index is 5.95. The van der Waals surface area contributed by atoms with E-state index in [0.29, 0.717) is 24.6 Å². The summed E-state index contributed by atoms with van der Waals surface area (Å²) in [4.78, 5) is 17.0. The zero-order chi connectivity index (χ0) is 13.8. The monoisotopic (exact) mass is 285 g/mol. The van der Waals surface area contributed by atoms with E-state index >= 15 is 0 Å². The molecule has 0 radical (unpaired) electrons. The van der Waals surface area contributed by atoms with Gasteiger partial charge in [-0.2, -0.15) is 15.0 Å². The Hall–Kier alpha value is -1.14. The van der Waals surface area contributed by atoms with E-state index in [0.717, 1.165) is 26.1 Å². The molecule has 1 saturated heterocycles. The van der Waals surface area contributed by atoms with Crippen LogP contribution in [0.1, 0.15) is 20.3 Å². The van der Waals surface area contributed by atoms with Crippen LogP contribution in [0.2, 0.25) is 5.28 Å². The summed E-state index contributed by atoms with van der Waals surface area (Å²) in [5, 5.41) is 0.183. The van der Waals surface area contributed by atoms with E-state index in [1.54, 1.807) is 0 Å². The maximum Gasteiger partial charge on any atom is 0.322 e. The molecule has 0 aromatic carbocycles. The highest BCUT2D eigenvalue weighted by molar-refractivity contribution is 6.28. The molecule has 7 heteroatoms. The van der Waals surface area contributed by atoms with Gasteiger partial charge in [0.2, 0.25) is 11.2 Å². The van der Waals surface area contributed by atoms with Crippen molar-refractivity contribution in [3.63, 3.8) is 0 Å². The molecule has 19 heavy (non-hydrogen) atoms. The molecule has 2 rings (SSSR count). The molecule has 1 aliphatic rings. The van der Waals surface area contributed by atoms with Crippen molar-refractivity contribution in [2.45, 2.75) is 26.3 Å². The molecule has 2 heterocycles. The molecule has 0 amide bonds. The van der Waals surface area contributed by atoms with Crippen molar-refractivity contribution < 1.29 is 4.74 Å². The molecule has 1 unspecified atom stereocenters. The lowest BCUT2D eigenvalue weighted by Gasteiger charge is -2.38. The number of hydrogen-bond acceptors (Lipinski definition) is 6. The average molecular weight is 286 g/mol. The second-order valence-corrected chi connectivity index (χ2v) is 5.18. The summed E-state index contributed by atoms with van der Waals surface area (Å²) in [6.45, 7) is 7.61. The number of halogens is 1. The molecule has 6 nitrogen and oxygen atoms in total. The van der Waals surface area contributed by atoms with Crippen LogP contribution in [0.4, 0.5) is 5.95 Å². The topological polar surface area (TPSA) is 54.4 Å². The normalized spacial score (nSPS) is 20.6. The van der Waals surface area contributed by atoms with Crippen LogP contribution in [0.5, 0.6) is 6.01 Å². The third-order valence-electron chi connectivity index (χ3n) is 3.10. The van der Waals surface area contributed by atoms with Gasteiger partial charge >= 0.3 is 6.01 Å². The van der Waals surface area contributed by atoms with Crippen molar-refractivity contribution in [2.75, 3.05) is 38.2 Å². The van der Waals surface area contributed by atoms with Gasteiger partial charge in [-0.25, -0.2) is 0 Å². The lowest BCUT2D eigenvalue weighted by Crippen LogP contribution is -2.51. The lowest BCUT2D eigenvalue weighted by atomic mass is 10.2. The molecule has 1 atom stereocenters. The number of nitrogens with zero attached hydrogens (tertiary/aromatic N) is 5. The van der Waals surface area contributed by atoms with Gasteiger partial charge < -0.3 is 14.5 Å². The third kappa shape index (κ3) is 3.67. The predicted molar refractivity (Wildman–Crippen MR) is 74.9 cm³/mol. The summed E-state index contributed by atoms with van der Waals surface area (Å²) in [6.07, 6.45) is 0.906. The van der Waals surface area contributed by atoms with Crippen LogP contribution in [-0.4, -0.2) is 59.2 Å². The minimum atomic E-state index is 0.183. The molecular weight excluding hydrogens is 266 g/mol. The van der Waals surface area contributed by atoms with Crippen molar-refractivity contribution in [2.24, 2.45) is 0 Å². The van der Waals surface area contributed by atoms with Crippen LogP contribution in [0.3, 0.4) is 0 Å². The third-order valence-corrected chi connectivity index (χ3v) is 3.27. The predicted octanol–water partition coefficient (Wildman–Crippen LogP) is 1.45. The quantitative estimate of drug-likeness (QED) is 0.835. The fraction of sp³-hybridized carbons (Fsp3) is 0.750. The number of ether oxygens (including phenoxy) is 1. The lowest BCUT2D eigenvalue weighted by molar-refractivity contribution is 0.269. The first-order valence-electron chi connectivity index (χ1n) is 6.59. The highest BCUT2D eigenvalue weighted by Crippen LogP contribution is 2.19.